The topological polar surface area (TPSA) is 29.1 Å². The third kappa shape index (κ3) is 2.91. The number of carbonyl (C=O) groups excluding carboxylic acids is 1. The molecule has 1 N–H and O–H groups in total. The van der Waals surface area contributed by atoms with Crippen molar-refractivity contribution in [3.8, 4) is 0 Å². The Morgan fingerprint density at radius 2 is 2.29 bits per heavy atom. The van der Waals surface area contributed by atoms with Gasteiger partial charge in [-0.05, 0) is 24.6 Å². The average Bonchev–Trinajstić information content (AvgIpc) is 2.09. The minimum absolute atomic E-state index is 0.0525. The van der Waals surface area contributed by atoms with E-state index in [2.05, 4.69) is 19.5 Å². The second-order valence-corrected chi connectivity index (χ2v) is 4.29. The van der Waals surface area contributed by atoms with E-state index in [4.69, 9.17) is 0 Å². The molecule has 1 aromatic rings. The zero-order valence-corrected chi connectivity index (χ0v) is 11.1. The molecule has 0 radical (unpaired) electrons. The minimum Gasteiger partial charge on any atom is -0.326 e. The predicted molar refractivity (Wildman–Crippen MR) is 66.1 cm³/mol. The lowest BCUT2D eigenvalue weighted by atomic mass is 10.1. The van der Waals surface area contributed by atoms with Crippen molar-refractivity contribution < 1.29 is 9.18 Å². The quantitative estimate of drug-likeness (QED) is 0.651. The Labute approximate surface area is 104 Å². The summed E-state index contributed by atoms with van der Waals surface area (Å²) in [5.41, 5.74) is 1.18. The first kappa shape index (κ1) is 11.9. The van der Waals surface area contributed by atoms with E-state index in [1.807, 2.05) is 22.9 Å². The number of anilines is 1. The molecule has 1 aromatic carbocycles. The Bertz CT molecular complexity index is 370. The van der Waals surface area contributed by atoms with Gasteiger partial charge in [-0.1, -0.05) is 15.9 Å². The first-order valence-corrected chi connectivity index (χ1v) is 5.75. The Balaban J connectivity index is 3.10. The van der Waals surface area contributed by atoms with E-state index in [-0.39, 0.29) is 11.6 Å². The maximum Gasteiger partial charge on any atom is 0.148 e. The maximum atomic E-state index is 13.2. The molecule has 0 amide bonds. The van der Waals surface area contributed by atoms with Crippen molar-refractivity contribution in [3.05, 3.63) is 28.0 Å². The van der Waals surface area contributed by atoms with Crippen molar-refractivity contribution in [2.75, 3.05) is 3.53 Å². The number of rotatable bonds is 3. The summed E-state index contributed by atoms with van der Waals surface area (Å²) in [5.74, 6) is -0.282. The highest BCUT2D eigenvalue weighted by Gasteiger charge is 2.08. The van der Waals surface area contributed by atoms with Gasteiger partial charge in [0.2, 0.25) is 0 Å². The molecule has 76 valence electrons. The third-order valence-corrected chi connectivity index (χ3v) is 3.00. The smallest absolute Gasteiger partial charge is 0.148 e. The summed E-state index contributed by atoms with van der Waals surface area (Å²) in [4.78, 5) is 10.9. The van der Waals surface area contributed by atoms with Gasteiger partial charge in [0.15, 0.2) is 0 Å². The van der Waals surface area contributed by atoms with Crippen LogP contribution in [0, 0.1) is 5.82 Å². The molecule has 0 heterocycles. The van der Waals surface area contributed by atoms with E-state index in [1.165, 1.54) is 13.0 Å². The highest BCUT2D eigenvalue weighted by Crippen LogP contribution is 2.25. The summed E-state index contributed by atoms with van der Waals surface area (Å²) in [6, 6.07) is 2.99. The molecule has 0 bridgehead atoms. The van der Waals surface area contributed by atoms with Crippen molar-refractivity contribution in [1.82, 2.24) is 0 Å². The highest BCUT2D eigenvalue weighted by atomic mass is 127. The zero-order chi connectivity index (χ0) is 10.7. The number of carbonyl (C=O) groups is 1. The number of benzene rings is 1. The van der Waals surface area contributed by atoms with Gasteiger partial charge in [-0.2, -0.15) is 0 Å². The predicted octanol–water partition coefficient (Wildman–Crippen LogP) is 3.48. The van der Waals surface area contributed by atoms with Gasteiger partial charge in [0, 0.05) is 10.9 Å². The van der Waals surface area contributed by atoms with Gasteiger partial charge in [0.05, 0.1) is 28.6 Å². The van der Waals surface area contributed by atoms with Crippen LogP contribution in [0.2, 0.25) is 0 Å². The second kappa shape index (κ2) is 5.06. The molecule has 0 spiro atoms. The first-order valence-electron chi connectivity index (χ1n) is 3.88. The van der Waals surface area contributed by atoms with Crippen LogP contribution in [0.15, 0.2) is 16.6 Å². The van der Waals surface area contributed by atoms with E-state index in [0.717, 1.165) is 5.56 Å². The van der Waals surface area contributed by atoms with Crippen LogP contribution in [0.4, 0.5) is 10.1 Å². The van der Waals surface area contributed by atoms with E-state index in [0.29, 0.717) is 16.6 Å². The second-order valence-electron chi connectivity index (χ2n) is 2.90. The zero-order valence-electron chi connectivity index (χ0n) is 7.40. The molecule has 0 aliphatic carbocycles. The number of halogens is 3. The van der Waals surface area contributed by atoms with Crippen LogP contribution in [-0.4, -0.2) is 5.78 Å². The number of hydrogen-bond acceptors (Lipinski definition) is 2. The van der Waals surface area contributed by atoms with Crippen molar-refractivity contribution in [1.29, 1.82) is 0 Å². The summed E-state index contributed by atoms with van der Waals surface area (Å²) >= 11 is 5.07. The van der Waals surface area contributed by atoms with Crippen LogP contribution >= 0.6 is 38.8 Å². The SMILES string of the molecule is CC(=O)Cc1cc(NI)c(F)cc1Br. The van der Waals surface area contributed by atoms with Crippen molar-refractivity contribution in [3.63, 3.8) is 0 Å². The molecular weight excluding hydrogens is 364 g/mol. The third-order valence-electron chi connectivity index (χ3n) is 1.68. The van der Waals surface area contributed by atoms with Gasteiger partial charge in [-0.15, -0.1) is 0 Å². The van der Waals surface area contributed by atoms with Crippen molar-refractivity contribution in [2.45, 2.75) is 13.3 Å². The Hall–Kier alpha value is -0.170. The van der Waals surface area contributed by atoms with Gasteiger partial charge < -0.3 is 3.53 Å². The van der Waals surface area contributed by atoms with Gasteiger partial charge in [0.1, 0.15) is 11.6 Å². The fourth-order valence-corrected chi connectivity index (χ4v) is 1.94. The number of nitrogens with one attached hydrogen (secondary N) is 1. The van der Waals surface area contributed by atoms with Gasteiger partial charge in [0.25, 0.3) is 0 Å². The van der Waals surface area contributed by atoms with Crippen LogP contribution in [0.5, 0.6) is 0 Å². The molecule has 0 fully saturated rings. The molecule has 1 rings (SSSR count). The molecule has 0 aliphatic rings. The molecule has 0 atom stereocenters. The molecule has 0 unspecified atom stereocenters. The fraction of sp³-hybridized carbons (Fsp3) is 0.222. The molecule has 2 nitrogen and oxygen atoms in total. The minimum atomic E-state index is -0.335. The van der Waals surface area contributed by atoms with Crippen LogP contribution in [0.3, 0.4) is 0 Å². The average molecular weight is 372 g/mol. The highest BCUT2D eigenvalue weighted by molar-refractivity contribution is 14.1. The maximum absolute atomic E-state index is 13.2. The van der Waals surface area contributed by atoms with E-state index in [9.17, 15) is 9.18 Å². The summed E-state index contributed by atoms with van der Waals surface area (Å²) in [6.07, 6.45) is 0.312. The van der Waals surface area contributed by atoms with Crippen molar-refractivity contribution >= 4 is 50.3 Å². The summed E-state index contributed by atoms with van der Waals surface area (Å²) in [6.45, 7) is 1.51. The molecule has 0 saturated carbocycles. The number of ketones is 1. The summed E-state index contributed by atoms with van der Waals surface area (Å²) in [5, 5.41) is 0. The van der Waals surface area contributed by atoms with Crippen LogP contribution in [-0.2, 0) is 11.2 Å². The standard InChI is InChI=1S/C9H8BrFINO/c1-5(14)2-6-3-9(13-12)8(11)4-7(6)10/h3-4,13H,2H2,1H3. The largest absolute Gasteiger partial charge is 0.326 e. The lowest BCUT2D eigenvalue weighted by Gasteiger charge is -2.06. The van der Waals surface area contributed by atoms with Crippen molar-refractivity contribution in [2.24, 2.45) is 0 Å². The number of hydrogen-bond donors (Lipinski definition) is 1. The van der Waals surface area contributed by atoms with Crippen LogP contribution < -0.4 is 3.53 Å². The van der Waals surface area contributed by atoms with Gasteiger partial charge in [-0.25, -0.2) is 4.39 Å². The van der Waals surface area contributed by atoms with Crippen LogP contribution in [0.1, 0.15) is 12.5 Å². The molecule has 5 heteroatoms. The lowest BCUT2D eigenvalue weighted by molar-refractivity contribution is -0.116. The van der Waals surface area contributed by atoms with E-state index in [1.54, 1.807) is 6.07 Å². The van der Waals surface area contributed by atoms with Crippen LogP contribution in [0.25, 0.3) is 0 Å². The Morgan fingerprint density at radius 3 is 2.79 bits per heavy atom. The molecule has 0 aliphatic heterocycles. The van der Waals surface area contributed by atoms with Gasteiger partial charge in [-0.3, -0.25) is 4.79 Å². The molecule has 0 saturated heterocycles. The summed E-state index contributed by atoms with van der Waals surface area (Å²) < 4.78 is 16.5. The lowest BCUT2D eigenvalue weighted by Crippen LogP contribution is -1.99. The first-order chi connectivity index (χ1) is 6.54. The molecule has 0 aromatic heterocycles. The Morgan fingerprint density at radius 1 is 1.64 bits per heavy atom. The summed E-state index contributed by atoms with van der Waals surface area (Å²) in [7, 11) is 0. The monoisotopic (exact) mass is 371 g/mol. The van der Waals surface area contributed by atoms with E-state index < -0.39 is 0 Å². The van der Waals surface area contributed by atoms with E-state index >= 15 is 0 Å². The normalized spacial score (nSPS) is 10.0. The molecule has 14 heavy (non-hydrogen) atoms. The fourth-order valence-electron chi connectivity index (χ4n) is 1.07. The molecular formula is C9H8BrFINO. The number of Topliss-reactive ketones (excluding diaryl/α,β-unsaturated/α-hetero) is 1. The van der Waals surface area contributed by atoms with Gasteiger partial charge >= 0.3 is 0 Å². The Kier molecular flexibility index (Phi) is 4.31.